The van der Waals surface area contributed by atoms with Gasteiger partial charge in [0.15, 0.2) is 0 Å². The van der Waals surface area contributed by atoms with Crippen LogP contribution in [0.2, 0.25) is 0 Å². The summed E-state index contributed by atoms with van der Waals surface area (Å²) in [5, 5.41) is 0. The van der Waals surface area contributed by atoms with E-state index < -0.39 is 0 Å². The molecular formula is C10H13NO. The molecule has 12 heavy (non-hydrogen) atoms. The van der Waals surface area contributed by atoms with Gasteiger partial charge in [-0.25, -0.2) is 0 Å². The Bertz CT molecular complexity index is 268. The Morgan fingerprint density at radius 2 is 2.08 bits per heavy atom. The summed E-state index contributed by atoms with van der Waals surface area (Å²) in [4.78, 5) is 2.37. The number of benzene rings is 1. The molecule has 64 valence electrons. The first-order valence-corrected chi connectivity index (χ1v) is 4.24. The van der Waals surface area contributed by atoms with E-state index in [4.69, 9.17) is 4.74 Å². The van der Waals surface area contributed by atoms with Crippen molar-refractivity contribution in [1.82, 2.24) is 4.90 Å². The highest BCUT2D eigenvalue weighted by Crippen LogP contribution is 2.21. The Kier molecular flexibility index (Phi) is 2.00. The van der Waals surface area contributed by atoms with Crippen molar-refractivity contribution in [2.24, 2.45) is 0 Å². The van der Waals surface area contributed by atoms with Crippen molar-refractivity contribution in [3.8, 4) is 5.75 Å². The maximum atomic E-state index is 5.25. The van der Waals surface area contributed by atoms with Gasteiger partial charge in [-0.05, 0) is 6.07 Å². The molecule has 0 N–H and O–H groups in total. The summed E-state index contributed by atoms with van der Waals surface area (Å²) >= 11 is 0. The van der Waals surface area contributed by atoms with E-state index in [9.17, 15) is 0 Å². The monoisotopic (exact) mass is 163 g/mol. The van der Waals surface area contributed by atoms with E-state index in [0.29, 0.717) is 0 Å². The molecule has 1 fully saturated rings. The average Bonchev–Trinajstić information content (AvgIpc) is 2.89. The fourth-order valence-electron chi connectivity index (χ4n) is 1.30. The third-order valence-electron chi connectivity index (χ3n) is 2.13. The van der Waals surface area contributed by atoms with Gasteiger partial charge >= 0.3 is 0 Å². The van der Waals surface area contributed by atoms with E-state index in [-0.39, 0.29) is 0 Å². The number of hydrogen-bond donors (Lipinski definition) is 0. The Balaban J connectivity index is 2.15. The van der Waals surface area contributed by atoms with Crippen LogP contribution >= 0.6 is 0 Å². The van der Waals surface area contributed by atoms with Gasteiger partial charge in [-0.3, -0.25) is 4.90 Å². The number of hydrogen-bond acceptors (Lipinski definition) is 2. The van der Waals surface area contributed by atoms with Gasteiger partial charge in [0.2, 0.25) is 0 Å². The molecule has 2 heteroatoms. The van der Waals surface area contributed by atoms with Gasteiger partial charge in [0, 0.05) is 25.2 Å². The zero-order chi connectivity index (χ0) is 8.39. The predicted molar refractivity (Wildman–Crippen MR) is 48.3 cm³/mol. The Labute approximate surface area is 72.8 Å². The van der Waals surface area contributed by atoms with Gasteiger partial charge in [-0.2, -0.15) is 0 Å². The van der Waals surface area contributed by atoms with Crippen LogP contribution in [0.15, 0.2) is 24.3 Å². The molecule has 0 spiro atoms. The number of methoxy groups -OCH3 is 1. The number of nitrogens with zero attached hydrogens (tertiary/aromatic N) is 1. The quantitative estimate of drug-likeness (QED) is 0.626. The van der Waals surface area contributed by atoms with Crippen molar-refractivity contribution in [2.75, 3.05) is 20.2 Å². The van der Waals surface area contributed by atoms with Crippen LogP contribution in [0.5, 0.6) is 5.75 Å². The molecule has 0 unspecified atom stereocenters. The molecule has 1 aromatic rings. The van der Waals surface area contributed by atoms with Crippen LogP contribution in [0.25, 0.3) is 0 Å². The molecule has 1 aliphatic rings. The SMILES string of the molecule is COc1ccccc1CN1CC1. The molecule has 0 aliphatic carbocycles. The molecule has 1 saturated heterocycles. The molecule has 2 nitrogen and oxygen atoms in total. The maximum Gasteiger partial charge on any atom is 0.123 e. The van der Waals surface area contributed by atoms with Gasteiger partial charge < -0.3 is 4.74 Å². The first-order valence-electron chi connectivity index (χ1n) is 4.24. The lowest BCUT2D eigenvalue weighted by molar-refractivity contribution is 0.402. The summed E-state index contributed by atoms with van der Waals surface area (Å²) in [7, 11) is 1.72. The van der Waals surface area contributed by atoms with E-state index >= 15 is 0 Å². The predicted octanol–water partition coefficient (Wildman–Crippen LogP) is 1.51. The molecule has 2 rings (SSSR count). The minimum atomic E-state index is 1.00. The van der Waals surface area contributed by atoms with Gasteiger partial charge in [-0.15, -0.1) is 0 Å². The first kappa shape index (κ1) is 7.62. The van der Waals surface area contributed by atoms with Crippen molar-refractivity contribution in [3.05, 3.63) is 29.8 Å². The van der Waals surface area contributed by atoms with Crippen LogP contribution < -0.4 is 4.74 Å². The maximum absolute atomic E-state index is 5.25. The Morgan fingerprint density at radius 3 is 2.75 bits per heavy atom. The number of ether oxygens (including phenoxy) is 1. The summed E-state index contributed by atoms with van der Waals surface area (Å²) in [6, 6.07) is 8.20. The molecule has 1 aromatic carbocycles. The standard InChI is InChI=1S/C10H13NO/c1-12-10-5-3-2-4-9(10)8-11-6-7-11/h2-5H,6-8H2,1H3. The number of rotatable bonds is 3. The molecule has 0 aromatic heterocycles. The normalized spacial score (nSPS) is 16.1. The van der Waals surface area contributed by atoms with Crippen molar-refractivity contribution in [1.29, 1.82) is 0 Å². The summed E-state index contributed by atoms with van der Waals surface area (Å²) in [5.74, 6) is 1.00. The third-order valence-corrected chi connectivity index (χ3v) is 2.13. The van der Waals surface area contributed by atoms with Gasteiger partial charge in [0.25, 0.3) is 0 Å². The zero-order valence-corrected chi connectivity index (χ0v) is 7.29. The largest absolute Gasteiger partial charge is 0.496 e. The number of para-hydroxylation sites is 1. The summed E-state index contributed by atoms with van der Waals surface area (Å²) in [6.07, 6.45) is 0. The van der Waals surface area contributed by atoms with E-state index in [2.05, 4.69) is 17.0 Å². The van der Waals surface area contributed by atoms with Crippen LogP contribution in [0.3, 0.4) is 0 Å². The van der Waals surface area contributed by atoms with Crippen molar-refractivity contribution < 1.29 is 4.74 Å². The smallest absolute Gasteiger partial charge is 0.123 e. The van der Waals surface area contributed by atoms with E-state index in [0.717, 1.165) is 12.3 Å². The fraction of sp³-hybridized carbons (Fsp3) is 0.400. The van der Waals surface area contributed by atoms with Crippen molar-refractivity contribution in [3.63, 3.8) is 0 Å². The lowest BCUT2D eigenvalue weighted by Gasteiger charge is -2.07. The first-order chi connectivity index (χ1) is 5.90. The molecule has 0 amide bonds. The fourth-order valence-corrected chi connectivity index (χ4v) is 1.30. The third kappa shape index (κ3) is 1.59. The van der Waals surface area contributed by atoms with Crippen LogP contribution in [-0.4, -0.2) is 25.1 Å². The molecule has 1 heterocycles. The van der Waals surface area contributed by atoms with Gasteiger partial charge in [-0.1, -0.05) is 18.2 Å². The second-order valence-electron chi connectivity index (χ2n) is 3.09. The average molecular weight is 163 g/mol. The molecule has 0 radical (unpaired) electrons. The van der Waals surface area contributed by atoms with Crippen LogP contribution in [0.1, 0.15) is 5.56 Å². The highest BCUT2D eigenvalue weighted by atomic mass is 16.5. The van der Waals surface area contributed by atoms with Crippen LogP contribution in [-0.2, 0) is 6.54 Å². The van der Waals surface area contributed by atoms with Gasteiger partial charge in [0.05, 0.1) is 7.11 Å². The van der Waals surface area contributed by atoms with Crippen molar-refractivity contribution in [2.45, 2.75) is 6.54 Å². The summed E-state index contributed by atoms with van der Waals surface area (Å²) in [6.45, 7) is 3.50. The second kappa shape index (κ2) is 3.15. The Morgan fingerprint density at radius 1 is 1.33 bits per heavy atom. The molecular weight excluding hydrogens is 150 g/mol. The van der Waals surface area contributed by atoms with E-state index in [1.54, 1.807) is 7.11 Å². The molecule has 1 aliphatic heterocycles. The summed E-state index contributed by atoms with van der Waals surface area (Å²) < 4.78 is 5.25. The Hall–Kier alpha value is -1.02. The van der Waals surface area contributed by atoms with Crippen molar-refractivity contribution >= 4 is 0 Å². The minimum Gasteiger partial charge on any atom is -0.496 e. The molecule has 0 bridgehead atoms. The topological polar surface area (TPSA) is 12.2 Å². The minimum absolute atomic E-state index is 1.00. The lowest BCUT2D eigenvalue weighted by Crippen LogP contribution is -1.99. The highest BCUT2D eigenvalue weighted by molar-refractivity contribution is 5.33. The van der Waals surface area contributed by atoms with Gasteiger partial charge in [0.1, 0.15) is 5.75 Å². The van der Waals surface area contributed by atoms with Crippen LogP contribution in [0.4, 0.5) is 0 Å². The highest BCUT2D eigenvalue weighted by Gasteiger charge is 2.18. The van der Waals surface area contributed by atoms with Crippen LogP contribution in [0, 0.1) is 0 Å². The second-order valence-corrected chi connectivity index (χ2v) is 3.09. The zero-order valence-electron chi connectivity index (χ0n) is 7.29. The summed E-state index contributed by atoms with van der Waals surface area (Å²) in [5.41, 5.74) is 1.29. The van der Waals surface area contributed by atoms with E-state index in [1.807, 2.05) is 12.1 Å². The van der Waals surface area contributed by atoms with E-state index in [1.165, 1.54) is 18.7 Å². The molecule has 0 atom stereocenters. The lowest BCUT2D eigenvalue weighted by atomic mass is 10.2. The molecule has 0 saturated carbocycles.